The first-order valence-electron chi connectivity index (χ1n) is 8.65. The molecule has 0 aliphatic heterocycles. The molecule has 0 aliphatic rings. The van der Waals surface area contributed by atoms with Crippen molar-refractivity contribution >= 4 is 11.8 Å². The zero-order valence-corrected chi connectivity index (χ0v) is 14.9. The number of rotatable bonds is 8. The molecule has 25 heavy (non-hydrogen) atoms. The molecule has 0 radical (unpaired) electrons. The largest absolute Gasteiger partial charge is 0.350 e. The summed E-state index contributed by atoms with van der Waals surface area (Å²) in [6.07, 6.45) is 4.25. The molecule has 2 amide bonds. The molecule has 0 saturated heterocycles. The number of nitrogens with one attached hydrogen (secondary N) is 1. The molecule has 0 aliphatic carbocycles. The maximum absolute atomic E-state index is 12.4. The van der Waals surface area contributed by atoms with E-state index in [9.17, 15) is 9.59 Å². The van der Waals surface area contributed by atoms with E-state index < -0.39 is 0 Å². The molecule has 0 saturated carbocycles. The molecule has 2 rings (SSSR count). The number of hydrogen-bond donors (Lipinski definition) is 1. The van der Waals surface area contributed by atoms with E-state index in [1.54, 1.807) is 24.1 Å². The maximum Gasteiger partial charge on any atom is 0.269 e. The van der Waals surface area contributed by atoms with Gasteiger partial charge in [0, 0.05) is 31.9 Å². The van der Waals surface area contributed by atoms with E-state index in [0.29, 0.717) is 18.7 Å². The van der Waals surface area contributed by atoms with Crippen LogP contribution in [-0.2, 0) is 6.42 Å². The van der Waals surface area contributed by atoms with Gasteiger partial charge in [-0.2, -0.15) is 0 Å². The minimum atomic E-state index is -0.262. The van der Waals surface area contributed by atoms with Crippen LogP contribution in [0.25, 0.3) is 0 Å². The third-order valence-electron chi connectivity index (χ3n) is 3.98. The average molecular weight is 339 g/mol. The van der Waals surface area contributed by atoms with Gasteiger partial charge < -0.3 is 10.2 Å². The number of amides is 2. The lowest BCUT2D eigenvalue weighted by Gasteiger charge is -2.16. The number of unbranched alkanes of at least 4 members (excludes halogenated alkanes) is 1. The monoisotopic (exact) mass is 339 g/mol. The summed E-state index contributed by atoms with van der Waals surface area (Å²) in [5.74, 6) is -0.351. The average Bonchev–Trinajstić information content (AvgIpc) is 2.66. The fourth-order valence-electron chi connectivity index (χ4n) is 2.46. The lowest BCUT2D eigenvalue weighted by Crippen LogP contribution is -2.29. The Bertz CT molecular complexity index is 701. The summed E-state index contributed by atoms with van der Waals surface area (Å²) in [5.41, 5.74) is 1.92. The third kappa shape index (κ3) is 5.71. The predicted octanol–water partition coefficient (Wildman–Crippen LogP) is 2.93. The minimum absolute atomic E-state index is 0.0887. The molecular formula is C20H25N3O2. The second kappa shape index (κ2) is 9.57. The normalized spacial score (nSPS) is 10.3. The number of aromatic nitrogens is 1. The van der Waals surface area contributed by atoms with Gasteiger partial charge in [-0.25, -0.2) is 0 Å². The molecule has 5 nitrogen and oxygen atoms in total. The van der Waals surface area contributed by atoms with Crippen LogP contribution in [0.1, 0.15) is 46.2 Å². The van der Waals surface area contributed by atoms with Crippen LogP contribution in [0.4, 0.5) is 0 Å². The number of nitrogens with zero attached hydrogens (tertiary/aromatic N) is 2. The molecule has 1 aromatic heterocycles. The summed E-state index contributed by atoms with van der Waals surface area (Å²) in [4.78, 5) is 30.4. The Hall–Kier alpha value is -2.69. The van der Waals surface area contributed by atoms with Crippen molar-refractivity contribution < 1.29 is 9.59 Å². The Morgan fingerprint density at radius 1 is 1.16 bits per heavy atom. The van der Waals surface area contributed by atoms with E-state index in [1.165, 1.54) is 6.20 Å². The molecule has 0 unspecified atom stereocenters. The van der Waals surface area contributed by atoms with Gasteiger partial charge in [0.15, 0.2) is 0 Å². The molecule has 2 aromatic rings. The van der Waals surface area contributed by atoms with E-state index in [-0.39, 0.29) is 17.5 Å². The van der Waals surface area contributed by atoms with Crippen molar-refractivity contribution in [3.63, 3.8) is 0 Å². The molecule has 0 spiro atoms. The standard InChI is InChI=1S/C20H25N3O2/c1-3-4-14-23(2)20(25)17-11-13-21-18(15-17)19(24)22-12-10-16-8-6-5-7-9-16/h5-9,11,13,15H,3-4,10,12,14H2,1-2H3,(H,22,24). The van der Waals surface area contributed by atoms with Gasteiger partial charge in [0.2, 0.25) is 0 Å². The van der Waals surface area contributed by atoms with Gasteiger partial charge in [-0.3, -0.25) is 14.6 Å². The van der Waals surface area contributed by atoms with E-state index in [0.717, 1.165) is 24.8 Å². The molecule has 132 valence electrons. The number of hydrogen-bond acceptors (Lipinski definition) is 3. The fraction of sp³-hybridized carbons (Fsp3) is 0.350. The van der Waals surface area contributed by atoms with Gasteiger partial charge in [0.05, 0.1) is 0 Å². The molecule has 0 bridgehead atoms. The van der Waals surface area contributed by atoms with Crippen LogP contribution in [-0.4, -0.2) is 41.8 Å². The number of benzene rings is 1. The Kier molecular flexibility index (Phi) is 7.14. The Morgan fingerprint density at radius 2 is 1.92 bits per heavy atom. The van der Waals surface area contributed by atoms with Crippen molar-refractivity contribution in [2.45, 2.75) is 26.2 Å². The zero-order chi connectivity index (χ0) is 18.1. The molecule has 0 fully saturated rings. The fourth-order valence-corrected chi connectivity index (χ4v) is 2.46. The van der Waals surface area contributed by atoms with Crippen LogP contribution in [0, 0.1) is 0 Å². The summed E-state index contributed by atoms with van der Waals surface area (Å²) in [6.45, 7) is 3.32. The summed E-state index contributed by atoms with van der Waals surface area (Å²) < 4.78 is 0. The van der Waals surface area contributed by atoms with Crippen molar-refractivity contribution in [3.8, 4) is 0 Å². The second-order valence-corrected chi connectivity index (χ2v) is 6.00. The van der Waals surface area contributed by atoms with Crippen LogP contribution < -0.4 is 5.32 Å². The summed E-state index contributed by atoms with van der Waals surface area (Å²) in [7, 11) is 1.78. The predicted molar refractivity (Wildman–Crippen MR) is 98.6 cm³/mol. The van der Waals surface area contributed by atoms with Gasteiger partial charge in [0.25, 0.3) is 11.8 Å². The van der Waals surface area contributed by atoms with Crippen molar-refractivity contribution in [2.75, 3.05) is 20.1 Å². The topological polar surface area (TPSA) is 62.3 Å². The molecule has 1 aromatic carbocycles. The first-order chi connectivity index (χ1) is 12.1. The highest BCUT2D eigenvalue weighted by atomic mass is 16.2. The highest BCUT2D eigenvalue weighted by molar-refractivity contribution is 5.98. The maximum atomic E-state index is 12.4. The number of carbonyl (C=O) groups excluding carboxylic acids is 2. The first-order valence-corrected chi connectivity index (χ1v) is 8.65. The van der Waals surface area contributed by atoms with Crippen LogP contribution in [0.2, 0.25) is 0 Å². The minimum Gasteiger partial charge on any atom is -0.350 e. The van der Waals surface area contributed by atoms with E-state index >= 15 is 0 Å². The first kappa shape index (κ1) is 18.6. The molecule has 0 atom stereocenters. The van der Waals surface area contributed by atoms with Gasteiger partial charge in [-0.05, 0) is 30.5 Å². The van der Waals surface area contributed by atoms with Crippen LogP contribution in [0.15, 0.2) is 48.7 Å². The molecule has 5 heteroatoms. The second-order valence-electron chi connectivity index (χ2n) is 6.00. The van der Waals surface area contributed by atoms with E-state index in [1.807, 2.05) is 30.3 Å². The third-order valence-corrected chi connectivity index (χ3v) is 3.98. The van der Waals surface area contributed by atoms with Gasteiger partial charge in [0.1, 0.15) is 5.69 Å². The Labute approximate surface area is 149 Å². The van der Waals surface area contributed by atoms with Crippen molar-refractivity contribution in [1.82, 2.24) is 15.2 Å². The Morgan fingerprint density at radius 3 is 2.64 bits per heavy atom. The number of pyridine rings is 1. The van der Waals surface area contributed by atoms with Crippen LogP contribution in [0.3, 0.4) is 0 Å². The lowest BCUT2D eigenvalue weighted by molar-refractivity contribution is 0.0793. The summed E-state index contributed by atoms with van der Waals surface area (Å²) in [5, 5.41) is 2.85. The molecular weight excluding hydrogens is 314 g/mol. The summed E-state index contributed by atoms with van der Waals surface area (Å²) in [6, 6.07) is 13.2. The van der Waals surface area contributed by atoms with E-state index in [4.69, 9.17) is 0 Å². The lowest BCUT2D eigenvalue weighted by atomic mass is 10.1. The quantitative estimate of drug-likeness (QED) is 0.804. The van der Waals surface area contributed by atoms with Crippen molar-refractivity contribution in [2.24, 2.45) is 0 Å². The van der Waals surface area contributed by atoms with Crippen molar-refractivity contribution in [3.05, 3.63) is 65.5 Å². The summed E-state index contributed by atoms with van der Waals surface area (Å²) >= 11 is 0. The zero-order valence-electron chi connectivity index (χ0n) is 14.9. The molecule has 1 heterocycles. The Balaban J connectivity index is 1.93. The smallest absolute Gasteiger partial charge is 0.269 e. The highest BCUT2D eigenvalue weighted by Gasteiger charge is 2.14. The highest BCUT2D eigenvalue weighted by Crippen LogP contribution is 2.07. The molecule has 1 N–H and O–H groups in total. The van der Waals surface area contributed by atoms with Crippen molar-refractivity contribution in [1.29, 1.82) is 0 Å². The number of carbonyl (C=O) groups is 2. The SMILES string of the molecule is CCCCN(C)C(=O)c1ccnc(C(=O)NCCc2ccccc2)c1. The van der Waals surface area contributed by atoms with Crippen LogP contribution >= 0.6 is 0 Å². The van der Waals surface area contributed by atoms with Gasteiger partial charge in [-0.1, -0.05) is 43.7 Å². The van der Waals surface area contributed by atoms with Crippen LogP contribution in [0.5, 0.6) is 0 Å². The van der Waals surface area contributed by atoms with Gasteiger partial charge in [-0.15, -0.1) is 0 Å². The van der Waals surface area contributed by atoms with Gasteiger partial charge >= 0.3 is 0 Å². The van der Waals surface area contributed by atoms with E-state index in [2.05, 4.69) is 17.2 Å².